The molecular weight excluding hydrogens is 510 g/mol. The third kappa shape index (κ3) is 8.37. The summed E-state index contributed by atoms with van der Waals surface area (Å²) in [5.74, 6) is -0.580. The SMILES string of the molecule is Cc1cc(C(C(=O)NC(C)(C)C)N(C(=O)C(Cc2ccc(O)cc2)NC(=O)OC(C)(C)C)C2CCC2)ccc1O. The number of nitrogens with one attached hydrogen (secondary N) is 2. The van der Waals surface area contributed by atoms with Gasteiger partial charge in [-0.2, -0.15) is 0 Å². The fourth-order valence-corrected chi connectivity index (χ4v) is 4.61. The minimum atomic E-state index is -1.04. The number of nitrogens with zero attached hydrogens (tertiary/aromatic N) is 1. The summed E-state index contributed by atoms with van der Waals surface area (Å²) in [5.41, 5.74) is 0.535. The topological polar surface area (TPSA) is 128 Å². The number of alkyl carbamates (subject to hydrolysis) is 1. The number of hydrogen-bond donors (Lipinski definition) is 4. The molecule has 0 saturated heterocycles. The molecule has 4 N–H and O–H groups in total. The van der Waals surface area contributed by atoms with Crippen LogP contribution >= 0.6 is 0 Å². The summed E-state index contributed by atoms with van der Waals surface area (Å²) in [6.45, 7) is 12.6. The van der Waals surface area contributed by atoms with Crippen LogP contribution in [0.15, 0.2) is 42.5 Å². The fraction of sp³-hybridized carbons (Fsp3) is 0.516. The molecule has 2 unspecified atom stereocenters. The summed E-state index contributed by atoms with van der Waals surface area (Å²) in [5, 5.41) is 25.7. The molecule has 3 rings (SSSR count). The largest absolute Gasteiger partial charge is 0.508 e. The van der Waals surface area contributed by atoms with Crippen molar-refractivity contribution in [3.63, 3.8) is 0 Å². The van der Waals surface area contributed by atoms with Gasteiger partial charge in [0.15, 0.2) is 0 Å². The Bertz CT molecular complexity index is 1210. The molecule has 2 aromatic carbocycles. The molecule has 0 radical (unpaired) electrons. The van der Waals surface area contributed by atoms with E-state index in [2.05, 4.69) is 10.6 Å². The Morgan fingerprint density at radius 1 is 1.00 bits per heavy atom. The van der Waals surface area contributed by atoms with E-state index in [1.54, 1.807) is 56.9 Å². The number of amides is 3. The lowest BCUT2D eigenvalue weighted by Crippen LogP contribution is -2.59. The van der Waals surface area contributed by atoms with Crippen molar-refractivity contribution in [1.82, 2.24) is 15.5 Å². The van der Waals surface area contributed by atoms with Crippen LogP contribution in [-0.2, 0) is 20.7 Å². The average molecular weight is 554 g/mol. The number of carbonyl (C=O) groups excluding carboxylic acids is 3. The quantitative estimate of drug-likeness (QED) is 0.369. The van der Waals surface area contributed by atoms with Crippen LogP contribution in [0.4, 0.5) is 4.79 Å². The van der Waals surface area contributed by atoms with Gasteiger partial charge in [-0.1, -0.05) is 18.2 Å². The summed E-state index contributed by atoms with van der Waals surface area (Å²) in [4.78, 5) is 42.8. The number of phenols is 2. The Balaban J connectivity index is 2.08. The Morgan fingerprint density at radius 3 is 2.12 bits per heavy atom. The number of carbonyl (C=O) groups is 3. The van der Waals surface area contributed by atoms with Gasteiger partial charge in [0.25, 0.3) is 0 Å². The van der Waals surface area contributed by atoms with Gasteiger partial charge in [0.2, 0.25) is 11.8 Å². The van der Waals surface area contributed by atoms with Gasteiger partial charge in [0, 0.05) is 18.0 Å². The molecule has 1 fully saturated rings. The zero-order chi connectivity index (χ0) is 29.8. The molecular formula is C31H43N3O6. The number of aromatic hydroxyl groups is 2. The summed E-state index contributed by atoms with van der Waals surface area (Å²) < 4.78 is 5.48. The van der Waals surface area contributed by atoms with E-state index in [-0.39, 0.29) is 29.9 Å². The van der Waals surface area contributed by atoms with Crippen molar-refractivity contribution in [2.45, 2.75) is 103 Å². The lowest BCUT2D eigenvalue weighted by molar-refractivity contribution is -0.148. The number of aryl methyl sites for hydroxylation is 1. The molecule has 1 aliphatic rings. The second-order valence-corrected chi connectivity index (χ2v) is 12.6. The van der Waals surface area contributed by atoms with Crippen LogP contribution in [-0.4, -0.2) is 56.2 Å². The fourth-order valence-electron chi connectivity index (χ4n) is 4.61. The van der Waals surface area contributed by atoms with E-state index in [1.165, 1.54) is 18.2 Å². The van der Waals surface area contributed by atoms with Crippen molar-refractivity contribution < 1.29 is 29.3 Å². The van der Waals surface area contributed by atoms with Gasteiger partial charge >= 0.3 is 6.09 Å². The first kappa shape index (κ1) is 30.8. The Labute approximate surface area is 236 Å². The minimum absolute atomic E-state index is 0.0874. The number of phenolic OH excluding ortho intramolecular Hbond substituents is 2. The van der Waals surface area contributed by atoms with E-state index in [0.717, 1.165) is 24.8 Å². The van der Waals surface area contributed by atoms with Gasteiger partial charge in [-0.3, -0.25) is 9.59 Å². The molecule has 0 aromatic heterocycles. The maximum Gasteiger partial charge on any atom is 0.408 e. The van der Waals surface area contributed by atoms with E-state index in [1.807, 2.05) is 20.8 Å². The van der Waals surface area contributed by atoms with Gasteiger partial charge < -0.3 is 30.5 Å². The smallest absolute Gasteiger partial charge is 0.408 e. The highest BCUT2D eigenvalue weighted by Crippen LogP contribution is 2.35. The monoisotopic (exact) mass is 553 g/mol. The van der Waals surface area contributed by atoms with Crippen LogP contribution in [0, 0.1) is 6.92 Å². The second kappa shape index (κ2) is 12.2. The minimum Gasteiger partial charge on any atom is -0.508 e. The molecule has 40 heavy (non-hydrogen) atoms. The van der Waals surface area contributed by atoms with Crippen molar-refractivity contribution in [1.29, 1.82) is 0 Å². The molecule has 2 aromatic rings. The zero-order valence-electron chi connectivity index (χ0n) is 24.6. The van der Waals surface area contributed by atoms with Crippen molar-refractivity contribution >= 4 is 17.9 Å². The van der Waals surface area contributed by atoms with Crippen LogP contribution in [0.3, 0.4) is 0 Å². The molecule has 1 saturated carbocycles. The number of rotatable bonds is 8. The summed E-state index contributed by atoms with van der Waals surface area (Å²) >= 11 is 0. The lowest BCUT2D eigenvalue weighted by atomic mass is 9.87. The molecule has 9 heteroatoms. The summed E-state index contributed by atoms with van der Waals surface area (Å²) in [6.07, 6.45) is 1.75. The van der Waals surface area contributed by atoms with Crippen LogP contribution < -0.4 is 10.6 Å². The van der Waals surface area contributed by atoms with Crippen molar-refractivity contribution in [3.05, 3.63) is 59.2 Å². The van der Waals surface area contributed by atoms with E-state index in [0.29, 0.717) is 11.1 Å². The maximum absolute atomic E-state index is 14.5. The molecule has 0 spiro atoms. The first-order valence-corrected chi connectivity index (χ1v) is 13.8. The Kier molecular flexibility index (Phi) is 9.38. The van der Waals surface area contributed by atoms with Gasteiger partial charge in [0.1, 0.15) is 29.2 Å². The Morgan fingerprint density at radius 2 is 1.62 bits per heavy atom. The predicted octanol–water partition coefficient (Wildman–Crippen LogP) is 4.88. The van der Waals surface area contributed by atoms with E-state index >= 15 is 0 Å². The molecule has 0 bridgehead atoms. The standard InChI is InChI=1S/C31H43N3O6/c1-19-17-21(13-16-25(19)36)26(27(37)33-30(2,3)4)34(22-9-8-10-22)28(38)24(32-29(39)40-31(5,6)7)18-20-11-14-23(35)15-12-20/h11-17,22,24,26,35-36H,8-10,18H2,1-7H3,(H,32,39)(H,33,37). The predicted molar refractivity (Wildman–Crippen MR) is 153 cm³/mol. The third-order valence-corrected chi connectivity index (χ3v) is 6.65. The lowest BCUT2D eigenvalue weighted by Gasteiger charge is -2.44. The number of ether oxygens (including phenoxy) is 1. The molecule has 3 amide bonds. The summed E-state index contributed by atoms with van der Waals surface area (Å²) in [6, 6.07) is 9.09. The molecule has 0 heterocycles. The molecule has 0 aliphatic heterocycles. The first-order chi connectivity index (χ1) is 18.5. The Hall–Kier alpha value is -3.75. The highest BCUT2D eigenvalue weighted by atomic mass is 16.6. The summed E-state index contributed by atoms with van der Waals surface area (Å²) in [7, 11) is 0. The van der Waals surface area contributed by atoms with E-state index in [4.69, 9.17) is 4.74 Å². The van der Waals surface area contributed by atoms with Gasteiger partial charge in [-0.15, -0.1) is 0 Å². The van der Waals surface area contributed by atoms with Gasteiger partial charge in [0.05, 0.1) is 0 Å². The molecule has 2 atom stereocenters. The van der Waals surface area contributed by atoms with E-state index in [9.17, 15) is 24.6 Å². The molecule has 9 nitrogen and oxygen atoms in total. The zero-order valence-corrected chi connectivity index (χ0v) is 24.6. The van der Waals surface area contributed by atoms with Crippen LogP contribution in [0.25, 0.3) is 0 Å². The van der Waals surface area contributed by atoms with Crippen molar-refractivity contribution in [2.24, 2.45) is 0 Å². The van der Waals surface area contributed by atoms with Gasteiger partial charge in [-0.25, -0.2) is 4.79 Å². The molecule has 218 valence electrons. The third-order valence-electron chi connectivity index (χ3n) is 6.65. The van der Waals surface area contributed by atoms with Crippen molar-refractivity contribution in [2.75, 3.05) is 0 Å². The first-order valence-electron chi connectivity index (χ1n) is 13.8. The highest BCUT2D eigenvalue weighted by molar-refractivity contribution is 5.93. The molecule has 1 aliphatic carbocycles. The van der Waals surface area contributed by atoms with Crippen LogP contribution in [0.1, 0.15) is 83.5 Å². The maximum atomic E-state index is 14.5. The normalized spacial score (nSPS) is 15.4. The average Bonchev–Trinajstić information content (AvgIpc) is 2.78. The highest BCUT2D eigenvalue weighted by Gasteiger charge is 2.42. The van der Waals surface area contributed by atoms with Gasteiger partial charge in [-0.05, 0) is 109 Å². The van der Waals surface area contributed by atoms with Crippen LogP contribution in [0.2, 0.25) is 0 Å². The number of benzene rings is 2. The van der Waals surface area contributed by atoms with E-state index < -0.39 is 35.2 Å². The van der Waals surface area contributed by atoms with Crippen LogP contribution in [0.5, 0.6) is 11.5 Å². The number of hydrogen-bond acceptors (Lipinski definition) is 6. The van der Waals surface area contributed by atoms with Crippen molar-refractivity contribution in [3.8, 4) is 11.5 Å². The second-order valence-electron chi connectivity index (χ2n) is 12.6.